The molecule has 100 valence electrons. The first kappa shape index (κ1) is 13.8. The Labute approximate surface area is 117 Å². The van der Waals surface area contributed by atoms with Crippen LogP contribution < -0.4 is 0 Å². The van der Waals surface area contributed by atoms with E-state index in [0.29, 0.717) is 5.70 Å². The zero-order valence-corrected chi connectivity index (χ0v) is 11.3. The second kappa shape index (κ2) is 5.55. The summed E-state index contributed by atoms with van der Waals surface area (Å²) in [6, 6.07) is 0. The number of halogens is 1. The predicted molar refractivity (Wildman–Crippen MR) is 76.6 cm³/mol. The number of allylic oxidation sites excluding steroid dienone is 5. The lowest BCUT2D eigenvalue weighted by molar-refractivity contribution is 0.212. The molecule has 1 saturated carbocycles. The summed E-state index contributed by atoms with van der Waals surface area (Å²) in [5.74, 6) is 0. The van der Waals surface area contributed by atoms with Gasteiger partial charge in [0.2, 0.25) is 0 Å². The van der Waals surface area contributed by atoms with Gasteiger partial charge in [-0.25, -0.2) is 9.67 Å². The maximum Gasteiger partial charge on any atom is 0.138 e. The average Bonchev–Trinajstić information content (AvgIpc) is 2.94. The Bertz CT molecular complexity index is 527. The standard InChI is InChI=1S/C14H16ClN3O/c1-3-5-11(4-2)8-12(18-10-16-9-17-18)13(19)14(15)6-7-14/h3-5,8-10,13,19H,1-2,6-7H2/b11-5+,12-8-. The van der Waals surface area contributed by atoms with E-state index in [9.17, 15) is 5.11 Å². The lowest BCUT2D eigenvalue weighted by Gasteiger charge is -2.19. The molecule has 19 heavy (non-hydrogen) atoms. The lowest BCUT2D eigenvalue weighted by Crippen LogP contribution is -2.27. The summed E-state index contributed by atoms with van der Waals surface area (Å²) in [4.78, 5) is 3.31. The van der Waals surface area contributed by atoms with E-state index in [0.717, 1.165) is 18.4 Å². The number of aliphatic hydroxyl groups excluding tert-OH is 1. The van der Waals surface area contributed by atoms with Crippen LogP contribution in [0.1, 0.15) is 12.8 Å². The van der Waals surface area contributed by atoms with Crippen molar-refractivity contribution in [2.75, 3.05) is 0 Å². The molecule has 0 amide bonds. The summed E-state index contributed by atoms with van der Waals surface area (Å²) in [7, 11) is 0. The van der Waals surface area contributed by atoms with Gasteiger partial charge in [-0.05, 0) is 24.5 Å². The molecule has 1 unspecified atom stereocenters. The SMILES string of the molecule is C=C/C=C(C=C)/C=C(/C(O)C1(Cl)CC1)n1cncn1. The van der Waals surface area contributed by atoms with E-state index in [2.05, 4.69) is 23.2 Å². The lowest BCUT2D eigenvalue weighted by atomic mass is 10.1. The smallest absolute Gasteiger partial charge is 0.138 e. The number of hydrogen-bond acceptors (Lipinski definition) is 3. The molecule has 0 bridgehead atoms. The molecule has 1 aliphatic carbocycles. The summed E-state index contributed by atoms with van der Waals surface area (Å²) >= 11 is 6.29. The van der Waals surface area contributed by atoms with E-state index in [-0.39, 0.29) is 0 Å². The van der Waals surface area contributed by atoms with Gasteiger partial charge in [0, 0.05) is 0 Å². The van der Waals surface area contributed by atoms with E-state index in [1.165, 1.54) is 17.3 Å². The molecule has 1 aliphatic rings. The predicted octanol–water partition coefficient (Wildman–Crippen LogP) is 2.55. The Kier molecular flexibility index (Phi) is 4.02. The molecule has 1 aromatic rings. The molecule has 2 rings (SSSR count). The summed E-state index contributed by atoms with van der Waals surface area (Å²) in [5.41, 5.74) is 1.40. The van der Waals surface area contributed by atoms with E-state index in [1.807, 2.05) is 0 Å². The Morgan fingerprint density at radius 2 is 2.21 bits per heavy atom. The van der Waals surface area contributed by atoms with Crippen LogP contribution in [0.3, 0.4) is 0 Å². The van der Waals surface area contributed by atoms with Gasteiger partial charge in [-0.3, -0.25) is 0 Å². The number of rotatable bonds is 6. The first-order valence-electron chi connectivity index (χ1n) is 5.99. The zero-order chi connectivity index (χ0) is 13.9. The molecule has 1 fully saturated rings. The largest absolute Gasteiger partial charge is 0.385 e. The molecule has 0 aliphatic heterocycles. The molecule has 0 spiro atoms. The van der Waals surface area contributed by atoms with Crippen molar-refractivity contribution in [3.8, 4) is 0 Å². The molecule has 1 N–H and O–H groups in total. The van der Waals surface area contributed by atoms with Crippen molar-refractivity contribution >= 4 is 17.3 Å². The van der Waals surface area contributed by atoms with E-state index < -0.39 is 11.0 Å². The highest BCUT2D eigenvalue weighted by atomic mass is 35.5. The van der Waals surface area contributed by atoms with Gasteiger partial charge in [0.25, 0.3) is 0 Å². The molecule has 1 atom stereocenters. The number of nitrogens with zero attached hydrogens (tertiary/aromatic N) is 3. The fourth-order valence-electron chi connectivity index (χ4n) is 1.75. The second-order valence-electron chi connectivity index (χ2n) is 4.45. The normalized spacial score (nSPS) is 19.9. The maximum atomic E-state index is 10.4. The van der Waals surface area contributed by atoms with Crippen LogP contribution in [0.5, 0.6) is 0 Å². The van der Waals surface area contributed by atoms with Crippen molar-refractivity contribution in [3.05, 3.63) is 55.7 Å². The van der Waals surface area contributed by atoms with Gasteiger partial charge in [0.15, 0.2) is 0 Å². The topological polar surface area (TPSA) is 50.9 Å². The molecule has 1 aromatic heterocycles. The first-order chi connectivity index (χ1) is 9.10. The van der Waals surface area contributed by atoms with Gasteiger partial charge in [0.05, 0.1) is 10.6 Å². The van der Waals surface area contributed by atoms with Crippen molar-refractivity contribution < 1.29 is 5.11 Å². The minimum absolute atomic E-state index is 0.581. The highest BCUT2D eigenvalue weighted by molar-refractivity contribution is 6.27. The van der Waals surface area contributed by atoms with Crippen molar-refractivity contribution in [2.45, 2.75) is 23.8 Å². The number of aromatic nitrogens is 3. The van der Waals surface area contributed by atoms with Gasteiger partial charge in [-0.1, -0.05) is 31.4 Å². The minimum Gasteiger partial charge on any atom is -0.385 e. The van der Waals surface area contributed by atoms with Crippen molar-refractivity contribution in [1.29, 1.82) is 0 Å². The highest BCUT2D eigenvalue weighted by Crippen LogP contribution is 2.48. The van der Waals surface area contributed by atoms with Crippen molar-refractivity contribution in [3.63, 3.8) is 0 Å². The van der Waals surface area contributed by atoms with E-state index >= 15 is 0 Å². The van der Waals surface area contributed by atoms with Crippen LogP contribution in [-0.2, 0) is 0 Å². The fourth-order valence-corrected chi connectivity index (χ4v) is 1.96. The number of aliphatic hydroxyl groups is 1. The molecular formula is C14H16ClN3O. The van der Waals surface area contributed by atoms with Crippen LogP contribution in [0.25, 0.3) is 5.70 Å². The molecule has 1 heterocycles. The molecule has 0 aromatic carbocycles. The first-order valence-corrected chi connectivity index (χ1v) is 6.37. The summed E-state index contributed by atoms with van der Waals surface area (Å²) in [5, 5.41) is 14.5. The third-order valence-corrected chi connectivity index (χ3v) is 3.63. The van der Waals surface area contributed by atoms with Crippen molar-refractivity contribution in [1.82, 2.24) is 14.8 Å². The van der Waals surface area contributed by atoms with Gasteiger partial charge in [-0.2, -0.15) is 5.10 Å². The molecular weight excluding hydrogens is 262 g/mol. The third kappa shape index (κ3) is 3.03. The number of hydrogen-bond donors (Lipinski definition) is 1. The highest BCUT2D eigenvalue weighted by Gasteiger charge is 2.49. The Morgan fingerprint density at radius 1 is 1.47 bits per heavy atom. The molecule has 4 nitrogen and oxygen atoms in total. The van der Waals surface area contributed by atoms with Crippen LogP contribution in [0.15, 0.2) is 55.7 Å². The van der Waals surface area contributed by atoms with Gasteiger partial charge in [-0.15, -0.1) is 11.6 Å². The summed E-state index contributed by atoms with van der Waals surface area (Å²) in [6.07, 6.45) is 10.6. The summed E-state index contributed by atoms with van der Waals surface area (Å²) < 4.78 is 1.52. The van der Waals surface area contributed by atoms with E-state index in [4.69, 9.17) is 11.6 Å². The molecule has 0 radical (unpaired) electrons. The van der Waals surface area contributed by atoms with Crippen LogP contribution in [0, 0.1) is 0 Å². The van der Waals surface area contributed by atoms with E-state index in [1.54, 1.807) is 24.3 Å². The minimum atomic E-state index is -0.802. The Morgan fingerprint density at radius 3 is 2.68 bits per heavy atom. The molecule has 0 saturated heterocycles. The van der Waals surface area contributed by atoms with Crippen LogP contribution in [0.4, 0.5) is 0 Å². The van der Waals surface area contributed by atoms with Crippen LogP contribution in [-0.4, -0.2) is 30.8 Å². The van der Waals surface area contributed by atoms with Gasteiger partial charge >= 0.3 is 0 Å². The zero-order valence-electron chi connectivity index (χ0n) is 10.5. The summed E-state index contributed by atoms with van der Waals surface area (Å²) in [6.45, 7) is 7.38. The Balaban J connectivity index is 2.40. The average molecular weight is 278 g/mol. The number of alkyl halides is 1. The Hall–Kier alpha value is -1.65. The maximum absolute atomic E-state index is 10.4. The monoisotopic (exact) mass is 277 g/mol. The van der Waals surface area contributed by atoms with Crippen LogP contribution in [0.2, 0.25) is 0 Å². The molecule has 5 heteroatoms. The van der Waals surface area contributed by atoms with Crippen molar-refractivity contribution in [2.24, 2.45) is 0 Å². The fraction of sp³-hybridized carbons (Fsp3) is 0.286. The van der Waals surface area contributed by atoms with Gasteiger partial charge in [0.1, 0.15) is 18.8 Å². The quantitative estimate of drug-likeness (QED) is 0.642. The third-order valence-electron chi connectivity index (χ3n) is 3.04. The van der Waals surface area contributed by atoms with Gasteiger partial charge < -0.3 is 5.11 Å². The van der Waals surface area contributed by atoms with Crippen LogP contribution >= 0.6 is 11.6 Å². The second-order valence-corrected chi connectivity index (χ2v) is 5.21.